The number of carbonyl (C=O) groups excluding carboxylic acids is 1. The zero-order valence-corrected chi connectivity index (χ0v) is 16.8. The number of nitrogens with one attached hydrogen (secondary N) is 4. The number of amides is 1. The number of hydrogen-bond acceptors (Lipinski definition) is 6. The highest BCUT2D eigenvalue weighted by Gasteiger charge is 2.40. The van der Waals surface area contributed by atoms with Gasteiger partial charge in [0.25, 0.3) is 0 Å². The molecule has 3 aliphatic heterocycles. The van der Waals surface area contributed by atoms with Crippen LogP contribution in [0.1, 0.15) is 44.9 Å². The van der Waals surface area contributed by atoms with E-state index in [9.17, 15) is 4.79 Å². The van der Waals surface area contributed by atoms with Gasteiger partial charge in [-0.2, -0.15) is 5.48 Å². The van der Waals surface area contributed by atoms with Crippen LogP contribution >= 0.6 is 11.6 Å². The molecule has 4 aliphatic rings. The summed E-state index contributed by atoms with van der Waals surface area (Å²) in [7, 11) is 0. The zero-order valence-electron chi connectivity index (χ0n) is 16.1. The third-order valence-corrected chi connectivity index (χ3v) is 7.11. The van der Waals surface area contributed by atoms with E-state index < -0.39 is 0 Å². The van der Waals surface area contributed by atoms with Gasteiger partial charge < -0.3 is 10.6 Å². The molecule has 0 aromatic rings. The molecule has 4 fully saturated rings. The Balaban J connectivity index is 1.19. The largest absolute Gasteiger partial charge is 0.349 e. The Morgan fingerprint density at radius 3 is 2.85 bits per heavy atom. The first-order valence-corrected chi connectivity index (χ1v) is 11.2. The van der Waals surface area contributed by atoms with Crippen molar-refractivity contribution in [2.75, 3.05) is 32.7 Å². The van der Waals surface area contributed by atoms with Crippen molar-refractivity contribution >= 4 is 17.5 Å². The molecule has 3 saturated heterocycles. The van der Waals surface area contributed by atoms with E-state index in [2.05, 4.69) is 26.5 Å². The summed E-state index contributed by atoms with van der Waals surface area (Å²) in [5.41, 5.74) is 6.41. The van der Waals surface area contributed by atoms with Gasteiger partial charge in [-0.15, -0.1) is 11.6 Å². The minimum atomic E-state index is -0.277. The van der Waals surface area contributed by atoms with Crippen LogP contribution in [0.4, 0.5) is 0 Å². The van der Waals surface area contributed by atoms with Gasteiger partial charge in [0.2, 0.25) is 5.91 Å². The molecule has 8 heteroatoms. The van der Waals surface area contributed by atoms with Gasteiger partial charge in [0.1, 0.15) is 6.04 Å². The Labute approximate surface area is 167 Å². The molecule has 0 bridgehead atoms. The molecule has 27 heavy (non-hydrogen) atoms. The fourth-order valence-electron chi connectivity index (χ4n) is 5.03. The van der Waals surface area contributed by atoms with Crippen LogP contribution in [0.3, 0.4) is 0 Å². The maximum Gasteiger partial charge on any atom is 0.239 e. The van der Waals surface area contributed by atoms with Crippen LogP contribution in [0.25, 0.3) is 0 Å². The van der Waals surface area contributed by atoms with Crippen molar-refractivity contribution in [3.63, 3.8) is 0 Å². The molecule has 4 N–H and O–H groups in total. The number of hydroxylamine groups is 1. The van der Waals surface area contributed by atoms with Crippen molar-refractivity contribution < 1.29 is 9.63 Å². The van der Waals surface area contributed by atoms with Crippen LogP contribution < -0.4 is 21.5 Å². The molecule has 5 atom stereocenters. The topological polar surface area (TPSA) is 77.7 Å². The fraction of sp³-hybridized carbons (Fsp3) is 0.947. The monoisotopic (exact) mass is 399 g/mol. The number of piperidine rings is 1. The van der Waals surface area contributed by atoms with Crippen LogP contribution in [0.5, 0.6) is 0 Å². The number of carbonyl (C=O) groups is 1. The predicted octanol–water partition coefficient (Wildman–Crippen LogP) is 0.751. The average molecular weight is 400 g/mol. The highest BCUT2D eigenvalue weighted by Crippen LogP contribution is 2.29. The van der Waals surface area contributed by atoms with Gasteiger partial charge >= 0.3 is 0 Å². The Morgan fingerprint density at radius 2 is 2.04 bits per heavy atom. The second kappa shape index (κ2) is 9.37. The highest BCUT2D eigenvalue weighted by molar-refractivity contribution is 6.21. The van der Waals surface area contributed by atoms with Crippen LogP contribution in [-0.2, 0) is 9.63 Å². The lowest BCUT2D eigenvalue weighted by atomic mass is 9.89. The van der Waals surface area contributed by atoms with Crippen molar-refractivity contribution in [1.82, 2.24) is 26.5 Å². The number of halogens is 1. The first-order valence-electron chi connectivity index (χ1n) is 10.7. The quantitative estimate of drug-likeness (QED) is 0.511. The number of alkyl halides is 1. The molecule has 5 unspecified atom stereocenters. The Kier molecular flexibility index (Phi) is 6.89. The lowest BCUT2D eigenvalue weighted by Gasteiger charge is -2.31. The summed E-state index contributed by atoms with van der Waals surface area (Å²) in [5, 5.41) is 8.87. The number of hydrogen-bond donors (Lipinski definition) is 4. The lowest BCUT2D eigenvalue weighted by Crippen LogP contribution is -2.47. The third kappa shape index (κ3) is 5.14. The molecular weight excluding hydrogens is 366 g/mol. The van der Waals surface area contributed by atoms with Gasteiger partial charge in [-0.05, 0) is 31.7 Å². The molecule has 154 valence electrons. The molecule has 4 rings (SSSR count). The second-order valence-electron chi connectivity index (χ2n) is 8.71. The van der Waals surface area contributed by atoms with Crippen LogP contribution in [0.2, 0.25) is 0 Å². The van der Waals surface area contributed by atoms with Gasteiger partial charge in [-0.1, -0.05) is 19.3 Å². The molecule has 0 radical (unpaired) electrons. The molecule has 1 saturated carbocycles. The molecular formula is C19H34ClN5O2. The van der Waals surface area contributed by atoms with E-state index in [1.165, 1.54) is 32.1 Å². The lowest BCUT2D eigenvalue weighted by molar-refractivity contribution is -0.125. The predicted molar refractivity (Wildman–Crippen MR) is 105 cm³/mol. The standard InChI is InChI=1S/C19H34ClN5O2/c20-16-10-21-7-6-15(16)18-8-17(24-27-18)19(26)23-14-9-22-25(12-14)11-13-4-2-1-3-5-13/h13-18,21-22,24H,1-12H2,(H,23,26). The van der Waals surface area contributed by atoms with Crippen molar-refractivity contribution in [3.05, 3.63) is 0 Å². The fourth-order valence-corrected chi connectivity index (χ4v) is 5.43. The summed E-state index contributed by atoms with van der Waals surface area (Å²) in [6, 6.07) is -0.109. The van der Waals surface area contributed by atoms with E-state index in [0.717, 1.165) is 45.1 Å². The van der Waals surface area contributed by atoms with Crippen LogP contribution in [-0.4, -0.2) is 67.2 Å². The summed E-state index contributed by atoms with van der Waals surface area (Å²) in [6.07, 6.45) is 8.54. The zero-order chi connectivity index (χ0) is 18.6. The molecule has 7 nitrogen and oxygen atoms in total. The smallest absolute Gasteiger partial charge is 0.239 e. The second-order valence-corrected chi connectivity index (χ2v) is 9.27. The average Bonchev–Trinajstić information content (AvgIpc) is 3.33. The van der Waals surface area contributed by atoms with Crippen molar-refractivity contribution in [1.29, 1.82) is 0 Å². The summed E-state index contributed by atoms with van der Waals surface area (Å²) in [6.45, 7) is 4.58. The van der Waals surface area contributed by atoms with E-state index in [0.29, 0.717) is 12.3 Å². The maximum atomic E-state index is 12.7. The highest BCUT2D eigenvalue weighted by atomic mass is 35.5. The summed E-state index contributed by atoms with van der Waals surface area (Å²) in [4.78, 5) is 18.4. The van der Waals surface area contributed by atoms with E-state index in [1.54, 1.807) is 0 Å². The Hall–Kier alpha value is -0.440. The third-order valence-electron chi connectivity index (χ3n) is 6.63. The number of rotatable bonds is 5. The van der Waals surface area contributed by atoms with Gasteiger partial charge in [-0.3, -0.25) is 15.1 Å². The SMILES string of the molecule is O=C(NC1CNN(CC2CCCCC2)C1)C1CC(C2CCNCC2Cl)ON1. The van der Waals surface area contributed by atoms with Gasteiger partial charge in [0.05, 0.1) is 17.5 Å². The minimum absolute atomic E-state index is 0.0230. The van der Waals surface area contributed by atoms with Crippen molar-refractivity contribution in [2.45, 2.75) is 68.5 Å². The van der Waals surface area contributed by atoms with Crippen LogP contribution in [0, 0.1) is 11.8 Å². The van der Waals surface area contributed by atoms with Crippen molar-refractivity contribution in [3.8, 4) is 0 Å². The van der Waals surface area contributed by atoms with Gasteiger partial charge in [0, 0.05) is 38.5 Å². The summed E-state index contributed by atoms with van der Waals surface area (Å²) < 4.78 is 0. The number of nitrogens with zero attached hydrogens (tertiary/aromatic N) is 1. The Morgan fingerprint density at radius 1 is 1.19 bits per heavy atom. The summed E-state index contributed by atoms with van der Waals surface area (Å²) in [5.74, 6) is 1.15. The molecule has 0 aromatic heterocycles. The molecule has 3 heterocycles. The van der Waals surface area contributed by atoms with E-state index in [1.807, 2.05) is 0 Å². The molecule has 0 spiro atoms. The summed E-state index contributed by atoms with van der Waals surface area (Å²) >= 11 is 6.44. The molecule has 1 aliphatic carbocycles. The first kappa shape index (κ1) is 19.9. The minimum Gasteiger partial charge on any atom is -0.349 e. The normalized spacial score (nSPS) is 38.9. The van der Waals surface area contributed by atoms with Crippen LogP contribution in [0.15, 0.2) is 0 Å². The van der Waals surface area contributed by atoms with Gasteiger partial charge in [-0.25, -0.2) is 5.01 Å². The molecule has 0 aromatic carbocycles. The first-order chi connectivity index (χ1) is 13.2. The van der Waals surface area contributed by atoms with E-state index in [-0.39, 0.29) is 29.5 Å². The molecule has 1 amide bonds. The van der Waals surface area contributed by atoms with E-state index in [4.69, 9.17) is 16.4 Å². The van der Waals surface area contributed by atoms with Crippen molar-refractivity contribution in [2.24, 2.45) is 11.8 Å². The van der Waals surface area contributed by atoms with E-state index >= 15 is 0 Å². The Bertz CT molecular complexity index is 504. The number of hydrazine groups is 1. The maximum absolute atomic E-state index is 12.7. The van der Waals surface area contributed by atoms with Gasteiger partial charge in [0.15, 0.2) is 0 Å².